The third-order valence-corrected chi connectivity index (χ3v) is 3.39. The quantitative estimate of drug-likeness (QED) is 0.873. The van der Waals surface area contributed by atoms with Crippen LogP contribution in [-0.4, -0.2) is 0 Å². The van der Waals surface area contributed by atoms with E-state index < -0.39 is 0 Å². The van der Waals surface area contributed by atoms with Crippen LogP contribution in [-0.2, 0) is 0 Å². The number of hydrogen-bond acceptors (Lipinski definition) is 2. The molecule has 2 N–H and O–H groups in total. The molecule has 0 amide bonds. The summed E-state index contributed by atoms with van der Waals surface area (Å²) >= 11 is 5.98. The van der Waals surface area contributed by atoms with Crippen molar-refractivity contribution < 1.29 is 9.13 Å². The molecule has 2 nitrogen and oxygen atoms in total. The van der Waals surface area contributed by atoms with Crippen LogP contribution in [0.3, 0.4) is 0 Å². The number of rotatable bonds is 3. The molecule has 0 heterocycles. The Morgan fingerprint density at radius 3 is 2.45 bits per heavy atom. The van der Waals surface area contributed by atoms with Crippen molar-refractivity contribution in [3.8, 4) is 11.5 Å². The first-order chi connectivity index (χ1) is 9.38. The van der Waals surface area contributed by atoms with E-state index >= 15 is 0 Å². The molecule has 0 saturated carbocycles. The molecule has 0 aliphatic rings. The summed E-state index contributed by atoms with van der Waals surface area (Å²) in [7, 11) is 0. The molecular formula is C16H17ClFNO. The van der Waals surface area contributed by atoms with Crippen molar-refractivity contribution >= 4 is 11.6 Å². The largest absolute Gasteiger partial charge is 0.457 e. The van der Waals surface area contributed by atoms with Crippen LogP contribution in [0.4, 0.5) is 4.39 Å². The van der Waals surface area contributed by atoms with E-state index in [1.54, 1.807) is 32.0 Å². The van der Waals surface area contributed by atoms with E-state index in [0.717, 1.165) is 5.56 Å². The van der Waals surface area contributed by atoms with Crippen molar-refractivity contribution in [3.05, 3.63) is 57.9 Å². The van der Waals surface area contributed by atoms with Gasteiger partial charge in [-0.1, -0.05) is 17.7 Å². The van der Waals surface area contributed by atoms with Crippen LogP contribution in [0.2, 0.25) is 5.02 Å². The van der Waals surface area contributed by atoms with E-state index in [9.17, 15) is 4.39 Å². The Balaban J connectivity index is 2.47. The van der Waals surface area contributed by atoms with Gasteiger partial charge in [-0.2, -0.15) is 0 Å². The zero-order valence-corrected chi connectivity index (χ0v) is 12.5. The molecule has 0 aliphatic carbocycles. The molecular weight excluding hydrogens is 277 g/mol. The molecule has 0 bridgehead atoms. The van der Waals surface area contributed by atoms with Crippen molar-refractivity contribution in [2.75, 3.05) is 0 Å². The zero-order chi connectivity index (χ0) is 14.9. The van der Waals surface area contributed by atoms with E-state index in [4.69, 9.17) is 22.1 Å². The van der Waals surface area contributed by atoms with Gasteiger partial charge in [0.15, 0.2) is 0 Å². The highest BCUT2D eigenvalue weighted by Gasteiger charge is 2.14. The molecule has 4 heteroatoms. The normalized spacial score (nSPS) is 12.3. The summed E-state index contributed by atoms with van der Waals surface area (Å²) in [5.41, 5.74) is 7.98. The monoisotopic (exact) mass is 293 g/mol. The molecule has 2 aromatic rings. The molecule has 0 spiro atoms. The van der Waals surface area contributed by atoms with Gasteiger partial charge in [-0.05, 0) is 56.2 Å². The summed E-state index contributed by atoms with van der Waals surface area (Å²) in [6, 6.07) is 8.18. The molecule has 0 unspecified atom stereocenters. The second-order valence-corrected chi connectivity index (χ2v) is 5.38. The fraction of sp³-hybridized carbons (Fsp3) is 0.250. The molecule has 2 aromatic carbocycles. The second kappa shape index (κ2) is 5.81. The molecule has 0 fully saturated rings. The average Bonchev–Trinajstić information content (AvgIpc) is 2.37. The molecule has 106 valence electrons. The Hall–Kier alpha value is -1.58. The maximum Gasteiger partial charge on any atom is 0.132 e. The van der Waals surface area contributed by atoms with Gasteiger partial charge in [-0.25, -0.2) is 4.39 Å². The van der Waals surface area contributed by atoms with Gasteiger partial charge < -0.3 is 10.5 Å². The Labute approximate surface area is 123 Å². The maximum absolute atomic E-state index is 13.7. The summed E-state index contributed by atoms with van der Waals surface area (Å²) < 4.78 is 19.6. The Morgan fingerprint density at radius 1 is 1.10 bits per heavy atom. The Kier molecular flexibility index (Phi) is 4.31. The van der Waals surface area contributed by atoms with Gasteiger partial charge in [0.05, 0.1) is 0 Å². The van der Waals surface area contributed by atoms with Crippen molar-refractivity contribution in [2.45, 2.75) is 26.8 Å². The summed E-state index contributed by atoms with van der Waals surface area (Å²) in [5.74, 6) is 0.919. The number of nitrogens with two attached hydrogens (primary N) is 1. The van der Waals surface area contributed by atoms with E-state index in [0.29, 0.717) is 27.6 Å². The first-order valence-corrected chi connectivity index (χ1v) is 6.76. The lowest BCUT2D eigenvalue weighted by molar-refractivity contribution is 0.465. The summed E-state index contributed by atoms with van der Waals surface area (Å²) in [4.78, 5) is 0. The first-order valence-electron chi connectivity index (χ1n) is 6.38. The molecule has 0 saturated heterocycles. The minimum Gasteiger partial charge on any atom is -0.457 e. The number of aryl methyl sites for hydroxylation is 2. The fourth-order valence-corrected chi connectivity index (χ4v) is 2.08. The van der Waals surface area contributed by atoms with Crippen LogP contribution in [0.5, 0.6) is 11.5 Å². The van der Waals surface area contributed by atoms with Gasteiger partial charge in [0, 0.05) is 16.6 Å². The third kappa shape index (κ3) is 3.11. The lowest BCUT2D eigenvalue weighted by atomic mass is 10.0. The van der Waals surface area contributed by atoms with Crippen LogP contribution in [0.25, 0.3) is 0 Å². The van der Waals surface area contributed by atoms with Gasteiger partial charge in [0.1, 0.15) is 17.3 Å². The van der Waals surface area contributed by atoms with E-state index in [2.05, 4.69) is 0 Å². The molecule has 1 atom stereocenters. The average molecular weight is 294 g/mol. The fourth-order valence-electron chi connectivity index (χ4n) is 1.92. The van der Waals surface area contributed by atoms with Crippen LogP contribution >= 0.6 is 11.6 Å². The minimum atomic E-state index is -0.320. The Bertz CT molecular complexity index is 641. The zero-order valence-electron chi connectivity index (χ0n) is 11.7. The lowest BCUT2D eigenvalue weighted by Crippen LogP contribution is -2.08. The predicted molar refractivity (Wildman–Crippen MR) is 80.0 cm³/mol. The molecule has 20 heavy (non-hydrogen) atoms. The van der Waals surface area contributed by atoms with Gasteiger partial charge in [0.25, 0.3) is 0 Å². The maximum atomic E-state index is 13.7. The number of halogens is 2. The molecule has 0 aromatic heterocycles. The van der Waals surface area contributed by atoms with Gasteiger partial charge in [-0.15, -0.1) is 0 Å². The van der Waals surface area contributed by atoms with E-state index in [1.807, 2.05) is 13.0 Å². The highest BCUT2D eigenvalue weighted by Crippen LogP contribution is 2.33. The van der Waals surface area contributed by atoms with Gasteiger partial charge in [-0.3, -0.25) is 0 Å². The second-order valence-electron chi connectivity index (χ2n) is 4.94. The summed E-state index contributed by atoms with van der Waals surface area (Å²) in [6.45, 7) is 5.41. The van der Waals surface area contributed by atoms with E-state index in [-0.39, 0.29) is 11.9 Å². The molecule has 2 rings (SSSR count). The number of ether oxygens (including phenoxy) is 1. The number of benzene rings is 2. The van der Waals surface area contributed by atoms with Crippen LogP contribution < -0.4 is 10.5 Å². The number of hydrogen-bond donors (Lipinski definition) is 1. The van der Waals surface area contributed by atoms with Crippen molar-refractivity contribution in [1.29, 1.82) is 0 Å². The van der Waals surface area contributed by atoms with Gasteiger partial charge >= 0.3 is 0 Å². The summed E-state index contributed by atoms with van der Waals surface area (Å²) in [6.07, 6.45) is 0. The van der Waals surface area contributed by atoms with E-state index in [1.165, 1.54) is 6.07 Å². The van der Waals surface area contributed by atoms with Crippen LogP contribution in [0, 0.1) is 19.7 Å². The Morgan fingerprint density at radius 2 is 1.80 bits per heavy atom. The lowest BCUT2D eigenvalue weighted by Gasteiger charge is -2.16. The van der Waals surface area contributed by atoms with Crippen molar-refractivity contribution in [2.24, 2.45) is 5.73 Å². The van der Waals surface area contributed by atoms with Crippen LogP contribution in [0.1, 0.15) is 29.7 Å². The van der Waals surface area contributed by atoms with Crippen LogP contribution in [0.15, 0.2) is 30.3 Å². The standard InChI is InChI=1S/C16H17ClFNO/c1-9-4-5-12(17)7-15(9)20-16-6-10(2)14(18)8-13(16)11(3)19/h4-8,11H,19H2,1-3H3/t11-/m0/s1. The topological polar surface area (TPSA) is 35.2 Å². The first kappa shape index (κ1) is 14.8. The smallest absolute Gasteiger partial charge is 0.132 e. The molecule has 0 aliphatic heterocycles. The van der Waals surface area contributed by atoms with Gasteiger partial charge in [0.2, 0.25) is 0 Å². The minimum absolute atomic E-state index is 0.285. The predicted octanol–water partition coefficient (Wildman–Crippen LogP) is 4.91. The summed E-state index contributed by atoms with van der Waals surface area (Å²) in [5, 5.41) is 0.590. The highest BCUT2D eigenvalue weighted by molar-refractivity contribution is 6.30. The highest BCUT2D eigenvalue weighted by atomic mass is 35.5. The third-order valence-electron chi connectivity index (χ3n) is 3.15. The molecule has 0 radical (unpaired) electrons. The van der Waals surface area contributed by atoms with Crippen molar-refractivity contribution in [1.82, 2.24) is 0 Å². The van der Waals surface area contributed by atoms with Crippen molar-refractivity contribution in [3.63, 3.8) is 0 Å². The SMILES string of the molecule is Cc1cc(Oc2cc(Cl)ccc2C)c([C@H](C)N)cc1F.